The Labute approximate surface area is 106 Å². The molecule has 0 aliphatic rings. The van der Waals surface area contributed by atoms with Crippen LogP contribution in [0.25, 0.3) is 22.2 Å². The molecule has 0 atom stereocenters. The standard InChI is InChI=1S/C13H8F3N3/c14-13(15,16)10-3-1-8(2-4-10)9-5-11-12(17-6-9)7-18-19-11/h1-7H,(H,18,19). The van der Waals surface area contributed by atoms with Crippen molar-refractivity contribution in [3.63, 3.8) is 0 Å². The van der Waals surface area contributed by atoms with Gasteiger partial charge in [0.25, 0.3) is 0 Å². The van der Waals surface area contributed by atoms with E-state index in [1.165, 1.54) is 12.1 Å². The van der Waals surface area contributed by atoms with Crippen LogP contribution in [0.15, 0.2) is 42.7 Å². The fraction of sp³-hybridized carbons (Fsp3) is 0.0769. The summed E-state index contributed by atoms with van der Waals surface area (Å²) in [5.41, 5.74) is 2.22. The molecule has 6 heteroatoms. The lowest BCUT2D eigenvalue weighted by Crippen LogP contribution is -2.03. The monoisotopic (exact) mass is 263 g/mol. The Morgan fingerprint density at radius 1 is 0.947 bits per heavy atom. The summed E-state index contributed by atoms with van der Waals surface area (Å²) in [7, 11) is 0. The molecular formula is C13H8F3N3. The van der Waals surface area contributed by atoms with Crippen LogP contribution in [0.3, 0.4) is 0 Å². The highest BCUT2D eigenvalue weighted by Gasteiger charge is 2.29. The summed E-state index contributed by atoms with van der Waals surface area (Å²) in [5, 5.41) is 6.62. The third-order valence-electron chi connectivity index (χ3n) is 2.84. The van der Waals surface area contributed by atoms with E-state index in [2.05, 4.69) is 15.2 Å². The second-order valence-electron chi connectivity index (χ2n) is 4.10. The molecule has 3 nitrogen and oxygen atoms in total. The largest absolute Gasteiger partial charge is 0.416 e. The number of aromatic amines is 1. The zero-order valence-electron chi connectivity index (χ0n) is 9.57. The molecule has 0 unspecified atom stereocenters. The number of pyridine rings is 1. The molecule has 0 fully saturated rings. The third kappa shape index (κ3) is 2.16. The fourth-order valence-electron chi connectivity index (χ4n) is 1.84. The zero-order valence-corrected chi connectivity index (χ0v) is 9.57. The molecule has 0 aliphatic carbocycles. The number of hydrogen-bond donors (Lipinski definition) is 1. The molecule has 96 valence electrons. The maximum Gasteiger partial charge on any atom is 0.416 e. The van der Waals surface area contributed by atoms with Crippen molar-refractivity contribution in [3.05, 3.63) is 48.3 Å². The summed E-state index contributed by atoms with van der Waals surface area (Å²) >= 11 is 0. The van der Waals surface area contributed by atoms with Crippen molar-refractivity contribution in [2.75, 3.05) is 0 Å². The first-order valence-corrected chi connectivity index (χ1v) is 5.51. The van der Waals surface area contributed by atoms with Crippen molar-refractivity contribution in [3.8, 4) is 11.1 Å². The first-order valence-electron chi connectivity index (χ1n) is 5.51. The van der Waals surface area contributed by atoms with Gasteiger partial charge in [-0.05, 0) is 23.8 Å². The van der Waals surface area contributed by atoms with Crippen LogP contribution in [0.4, 0.5) is 13.2 Å². The molecule has 1 aromatic carbocycles. The molecule has 0 spiro atoms. The van der Waals surface area contributed by atoms with E-state index in [1.54, 1.807) is 18.5 Å². The van der Waals surface area contributed by atoms with E-state index in [-0.39, 0.29) is 0 Å². The maximum atomic E-state index is 12.5. The molecule has 0 saturated heterocycles. The van der Waals surface area contributed by atoms with E-state index in [0.717, 1.165) is 28.7 Å². The number of alkyl halides is 3. The number of H-pyrrole nitrogens is 1. The van der Waals surface area contributed by atoms with Crippen LogP contribution in [0, 0.1) is 0 Å². The van der Waals surface area contributed by atoms with Crippen LogP contribution in [-0.2, 0) is 6.18 Å². The van der Waals surface area contributed by atoms with Gasteiger partial charge in [-0.25, -0.2) is 0 Å². The average Bonchev–Trinajstić information content (AvgIpc) is 2.85. The van der Waals surface area contributed by atoms with Crippen LogP contribution < -0.4 is 0 Å². The average molecular weight is 263 g/mol. The number of nitrogens with zero attached hydrogens (tertiary/aromatic N) is 2. The minimum absolute atomic E-state index is 0.660. The summed E-state index contributed by atoms with van der Waals surface area (Å²) in [6.07, 6.45) is -1.11. The Morgan fingerprint density at radius 3 is 2.37 bits per heavy atom. The smallest absolute Gasteiger partial charge is 0.276 e. The quantitative estimate of drug-likeness (QED) is 0.728. The molecule has 3 rings (SSSR count). The Balaban J connectivity index is 2.01. The van der Waals surface area contributed by atoms with Crippen molar-refractivity contribution >= 4 is 11.0 Å². The number of hydrogen-bond acceptors (Lipinski definition) is 2. The number of nitrogens with one attached hydrogen (secondary N) is 1. The molecule has 0 radical (unpaired) electrons. The summed E-state index contributed by atoms with van der Waals surface area (Å²) < 4.78 is 37.4. The third-order valence-corrected chi connectivity index (χ3v) is 2.84. The van der Waals surface area contributed by atoms with E-state index < -0.39 is 11.7 Å². The van der Waals surface area contributed by atoms with Gasteiger partial charge in [0.15, 0.2) is 0 Å². The molecule has 0 saturated carbocycles. The second-order valence-corrected chi connectivity index (χ2v) is 4.10. The summed E-state index contributed by atoms with van der Waals surface area (Å²) in [5.74, 6) is 0. The Hall–Kier alpha value is -2.37. The van der Waals surface area contributed by atoms with E-state index in [0.29, 0.717) is 5.56 Å². The van der Waals surface area contributed by atoms with Gasteiger partial charge in [-0.2, -0.15) is 18.3 Å². The van der Waals surface area contributed by atoms with Gasteiger partial charge in [0, 0.05) is 11.8 Å². The van der Waals surface area contributed by atoms with Crippen LogP contribution in [-0.4, -0.2) is 15.2 Å². The van der Waals surface area contributed by atoms with E-state index in [1.807, 2.05) is 0 Å². The second kappa shape index (κ2) is 4.08. The lowest BCUT2D eigenvalue weighted by molar-refractivity contribution is -0.137. The summed E-state index contributed by atoms with van der Waals surface area (Å²) in [6, 6.07) is 6.79. The van der Waals surface area contributed by atoms with Crippen LogP contribution in [0.2, 0.25) is 0 Å². The highest BCUT2D eigenvalue weighted by molar-refractivity contribution is 5.79. The molecule has 2 heterocycles. The topological polar surface area (TPSA) is 41.6 Å². The molecule has 0 amide bonds. The van der Waals surface area contributed by atoms with Crippen LogP contribution in [0.1, 0.15) is 5.56 Å². The molecule has 2 aromatic heterocycles. The van der Waals surface area contributed by atoms with E-state index >= 15 is 0 Å². The van der Waals surface area contributed by atoms with E-state index in [4.69, 9.17) is 0 Å². The zero-order chi connectivity index (χ0) is 13.5. The number of fused-ring (bicyclic) bond motifs is 1. The summed E-state index contributed by atoms with van der Waals surface area (Å²) in [6.45, 7) is 0. The molecule has 0 bridgehead atoms. The molecule has 3 aromatic rings. The Bertz CT molecular complexity index is 714. The van der Waals surface area contributed by atoms with Gasteiger partial charge in [0.2, 0.25) is 0 Å². The van der Waals surface area contributed by atoms with Crippen molar-refractivity contribution in [2.24, 2.45) is 0 Å². The highest BCUT2D eigenvalue weighted by atomic mass is 19.4. The normalized spacial score (nSPS) is 11.9. The fourth-order valence-corrected chi connectivity index (χ4v) is 1.84. The first-order chi connectivity index (χ1) is 9.04. The minimum Gasteiger partial charge on any atom is -0.276 e. The molecule has 1 N–H and O–H groups in total. The van der Waals surface area contributed by atoms with Crippen molar-refractivity contribution < 1.29 is 13.2 Å². The van der Waals surface area contributed by atoms with Gasteiger partial charge < -0.3 is 0 Å². The lowest BCUT2D eigenvalue weighted by Gasteiger charge is -2.07. The molecule has 19 heavy (non-hydrogen) atoms. The van der Waals surface area contributed by atoms with Crippen LogP contribution in [0.5, 0.6) is 0 Å². The number of benzene rings is 1. The van der Waals surface area contributed by atoms with Crippen LogP contribution >= 0.6 is 0 Å². The van der Waals surface area contributed by atoms with Gasteiger partial charge in [-0.15, -0.1) is 0 Å². The highest BCUT2D eigenvalue weighted by Crippen LogP contribution is 2.31. The maximum absolute atomic E-state index is 12.5. The van der Waals surface area contributed by atoms with Gasteiger partial charge >= 0.3 is 6.18 Å². The van der Waals surface area contributed by atoms with Gasteiger partial charge in [0.05, 0.1) is 17.3 Å². The SMILES string of the molecule is FC(F)(F)c1ccc(-c2cnc3cn[nH]c3c2)cc1. The van der Waals surface area contributed by atoms with Gasteiger partial charge in [-0.3, -0.25) is 10.1 Å². The van der Waals surface area contributed by atoms with Gasteiger partial charge in [-0.1, -0.05) is 12.1 Å². The molecular weight excluding hydrogens is 255 g/mol. The Morgan fingerprint density at radius 2 is 1.68 bits per heavy atom. The first kappa shape index (κ1) is 11.7. The minimum atomic E-state index is -4.32. The predicted octanol–water partition coefficient (Wildman–Crippen LogP) is 3.64. The van der Waals surface area contributed by atoms with Crippen molar-refractivity contribution in [1.29, 1.82) is 0 Å². The molecule has 0 aliphatic heterocycles. The number of aromatic nitrogens is 3. The lowest BCUT2D eigenvalue weighted by atomic mass is 10.1. The number of halogens is 3. The summed E-state index contributed by atoms with van der Waals surface area (Å²) in [4.78, 5) is 4.17. The predicted molar refractivity (Wildman–Crippen MR) is 64.3 cm³/mol. The van der Waals surface area contributed by atoms with E-state index in [9.17, 15) is 13.2 Å². The number of rotatable bonds is 1. The van der Waals surface area contributed by atoms with Crippen molar-refractivity contribution in [2.45, 2.75) is 6.18 Å². The Kier molecular flexibility index (Phi) is 2.51. The van der Waals surface area contributed by atoms with Gasteiger partial charge in [0.1, 0.15) is 5.52 Å². The van der Waals surface area contributed by atoms with Crippen molar-refractivity contribution in [1.82, 2.24) is 15.2 Å².